The van der Waals surface area contributed by atoms with Gasteiger partial charge in [-0.25, -0.2) is 4.79 Å². The minimum Gasteiger partial charge on any atom is -0.478 e. The third-order valence-corrected chi connectivity index (χ3v) is 4.39. The van der Waals surface area contributed by atoms with E-state index in [1.54, 1.807) is 18.2 Å². The van der Waals surface area contributed by atoms with Gasteiger partial charge >= 0.3 is 5.97 Å². The average molecular weight is 396 g/mol. The summed E-state index contributed by atoms with van der Waals surface area (Å²) in [7, 11) is 0. The fourth-order valence-electron chi connectivity index (χ4n) is 1.86. The molecule has 0 saturated carbocycles. The first-order valence-corrected chi connectivity index (χ1v) is 7.17. The van der Waals surface area contributed by atoms with Gasteiger partial charge in [-0.05, 0) is 59.3 Å². The van der Waals surface area contributed by atoms with Gasteiger partial charge in [0, 0.05) is 9.26 Å². The zero-order chi connectivity index (χ0) is 15.6. The number of carbonyl (C=O) groups is 2. The number of carboxylic acid groups (broad SMARTS) is 1. The Bertz CT molecular complexity index is 729. The molecule has 0 saturated heterocycles. The van der Waals surface area contributed by atoms with E-state index in [0.717, 1.165) is 9.13 Å². The van der Waals surface area contributed by atoms with Gasteiger partial charge in [-0.15, -0.1) is 0 Å². The predicted octanol–water partition coefficient (Wildman–Crippen LogP) is 3.13. The Balaban J connectivity index is 2.36. The predicted molar refractivity (Wildman–Crippen MR) is 89.7 cm³/mol. The van der Waals surface area contributed by atoms with Crippen LogP contribution in [0, 0.1) is 10.5 Å². The number of hydrogen-bond acceptors (Lipinski definition) is 3. The lowest BCUT2D eigenvalue weighted by atomic mass is 10.1. The molecule has 2 aromatic rings. The molecular formula is C15H13IN2O3. The average Bonchev–Trinajstić information content (AvgIpc) is 2.43. The smallest absolute Gasteiger partial charge is 0.337 e. The quantitative estimate of drug-likeness (QED) is 0.549. The third-order valence-electron chi connectivity index (χ3n) is 2.96. The van der Waals surface area contributed by atoms with E-state index in [0.29, 0.717) is 11.3 Å². The zero-order valence-corrected chi connectivity index (χ0v) is 13.3. The topological polar surface area (TPSA) is 92.4 Å². The van der Waals surface area contributed by atoms with Gasteiger partial charge in [0.15, 0.2) is 0 Å². The summed E-state index contributed by atoms with van der Waals surface area (Å²) in [6.45, 7) is 1.91. The third kappa shape index (κ3) is 3.33. The van der Waals surface area contributed by atoms with Crippen LogP contribution in [0.3, 0.4) is 0 Å². The standard InChI is InChI=1S/C15H13IN2O3/c1-8-3-2-4-10(13(8)16)14(19)18-12-6-5-9(17)7-11(12)15(20)21/h2-7H,17H2,1H3,(H,18,19)(H,20,21). The van der Waals surface area contributed by atoms with E-state index in [2.05, 4.69) is 27.9 Å². The summed E-state index contributed by atoms with van der Waals surface area (Å²) < 4.78 is 0.833. The van der Waals surface area contributed by atoms with Crippen molar-refractivity contribution < 1.29 is 14.7 Å². The number of rotatable bonds is 3. The molecule has 0 bridgehead atoms. The Morgan fingerprint density at radius 3 is 2.57 bits per heavy atom. The Hall–Kier alpha value is -2.09. The fraction of sp³-hybridized carbons (Fsp3) is 0.0667. The molecule has 0 unspecified atom stereocenters. The van der Waals surface area contributed by atoms with Gasteiger partial charge in [0.1, 0.15) is 0 Å². The molecule has 2 aromatic carbocycles. The molecule has 0 heterocycles. The normalized spacial score (nSPS) is 10.2. The van der Waals surface area contributed by atoms with Crippen LogP contribution in [-0.2, 0) is 0 Å². The van der Waals surface area contributed by atoms with Gasteiger partial charge < -0.3 is 16.2 Å². The van der Waals surface area contributed by atoms with Crippen molar-refractivity contribution in [2.24, 2.45) is 0 Å². The first-order chi connectivity index (χ1) is 9.90. The number of nitrogens with one attached hydrogen (secondary N) is 1. The van der Waals surface area contributed by atoms with Crippen LogP contribution in [0.4, 0.5) is 11.4 Å². The summed E-state index contributed by atoms with van der Waals surface area (Å²) in [5, 5.41) is 11.8. The van der Waals surface area contributed by atoms with Crippen LogP contribution in [-0.4, -0.2) is 17.0 Å². The first-order valence-electron chi connectivity index (χ1n) is 6.09. The van der Waals surface area contributed by atoms with Crippen LogP contribution < -0.4 is 11.1 Å². The number of carboxylic acids is 1. The molecule has 0 aliphatic heterocycles. The highest BCUT2D eigenvalue weighted by molar-refractivity contribution is 14.1. The minimum atomic E-state index is -1.14. The van der Waals surface area contributed by atoms with Crippen LogP contribution >= 0.6 is 22.6 Å². The lowest BCUT2D eigenvalue weighted by Crippen LogP contribution is -2.16. The van der Waals surface area contributed by atoms with E-state index in [-0.39, 0.29) is 17.2 Å². The monoisotopic (exact) mass is 396 g/mol. The number of anilines is 2. The Morgan fingerprint density at radius 1 is 1.19 bits per heavy atom. The number of amides is 1. The number of nitrogens with two attached hydrogens (primary N) is 1. The summed E-state index contributed by atoms with van der Waals surface area (Å²) in [5.41, 5.74) is 7.58. The zero-order valence-electron chi connectivity index (χ0n) is 11.2. The molecule has 108 valence electrons. The van der Waals surface area contributed by atoms with Crippen molar-refractivity contribution in [3.05, 3.63) is 56.7 Å². The molecule has 2 rings (SSSR count). The highest BCUT2D eigenvalue weighted by atomic mass is 127. The number of nitrogen functional groups attached to an aromatic ring is 1. The van der Waals surface area contributed by atoms with Crippen LogP contribution in [0.15, 0.2) is 36.4 Å². The second-order valence-corrected chi connectivity index (χ2v) is 5.58. The van der Waals surface area contributed by atoms with Gasteiger partial charge in [0.05, 0.1) is 16.8 Å². The molecule has 0 atom stereocenters. The van der Waals surface area contributed by atoms with Gasteiger partial charge in [-0.2, -0.15) is 0 Å². The highest BCUT2D eigenvalue weighted by Crippen LogP contribution is 2.22. The van der Waals surface area contributed by atoms with E-state index in [9.17, 15) is 9.59 Å². The maximum absolute atomic E-state index is 12.3. The second kappa shape index (κ2) is 6.13. The maximum Gasteiger partial charge on any atom is 0.337 e. The summed E-state index contributed by atoms with van der Waals surface area (Å²) in [4.78, 5) is 23.5. The molecule has 4 N–H and O–H groups in total. The Labute approximate surface area is 135 Å². The van der Waals surface area contributed by atoms with E-state index >= 15 is 0 Å². The van der Waals surface area contributed by atoms with Gasteiger partial charge in [0.25, 0.3) is 5.91 Å². The second-order valence-electron chi connectivity index (χ2n) is 4.50. The molecular weight excluding hydrogens is 383 g/mol. The number of hydrogen-bond donors (Lipinski definition) is 3. The molecule has 0 aliphatic carbocycles. The van der Waals surface area contributed by atoms with Crippen molar-refractivity contribution in [3.63, 3.8) is 0 Å². The van der Waals surface area contributed by atoms with E-state index in [4.69, 9.17) is 10.8 Å². The molecule has 1 amide bonds. The van der Waals surface area contributed by atoms with Crippen LogP contribution in [0.2, 0.25) is 0 Å². The largest absolute Gasteiger partial charge is 0.478 e. The van der Waals surface area contributed by atoms with Crippen molar-refractivity contribution in [3.8, 4) is 0 Å². The lowest BCUT2D eigenvalue weighted by Gasteiger charge is -2.11. The fourth-order valence-corrected chi connectivity index (χ4v) is 2.46. The summed E-state index contributed by atoms with van der Waals surface area (Å²) in [6.07, 6.45) is 0. The molecule has 0 spiro atoms. The van der Waals surface area contributed by atoms with Crippen molar-refractivity contribution in [1.29, 1.82) is 0 Å². The van der Waals surface area contributed by atoms with E-state index in [1.807, 2.05) is 13.0 Å². The summed E-state index contributed by atoms with van der Waals surface area (Å²) in [6, 6.07) is 9.74. The minimum absolute atomic E-state index is 0.0361. The number of carbonyl (C=O) groups excluding carboxylic acids is 1. The van der Waals surface area contributed by atoms with Crippen LogP contribution in [0.5, 0.6) is 0 Å². The molecule has 0 fully saturated rings. The van der Waals surface area contributed by atoms with Crippen molar-refractivity contribution in [1.82, 2.24) is 0 Å². The number of benzene rings is 2. The van der Waals surface area contributed by atoms with E-state index in [1.165, 1.54) is 12.1 Å². The lowest BCUT2D eigenvalue weighted by molar-refractivity contribution is 0.0698. The Morgan fingerprint density at radius 2 is 1.90 bits per heavy atom. The highest BCUT2D eigenvalue weighted by Gasteiger charge is 2.16. The number of halogens is 1. The van der Waals surface area contributed by atoms with Gasteiger partial charge in [0.2, 0.25) is 0 Å². The van der Waals surface area contributed by atoms with Crippen LogP contribution in [0.1, 0.15) is 26.3 Å². The SMILES string of the molecule is Cc1cccc(C(=O)Nc2ccc(N)cc2C(=O)O)c1I. The van der Waals surface area contributed by atoms with Gasteiger partial charge in [-0.3, -0.25) is 4.79 Å². The molecule has 0 aliphatic rings. The summed E-state index contributed by atoms with van der Waals surface area (Å²) >= 11 is 2.09. The van der Waals surface area contributed by atoms with Crippen molar-refractivity contribution in [2.75, 3.05) is 11.1 Å². The first kappa shape index (κ1) is 15.3. The molecule has 0 radical (unpaired) electrons. The molecule has 5 nitrogen and oxygen atoms in total. The molecule has 6 heteroatoms. The number of aryl methyl sites for hydroxylation is 1. The van der Waals surface area contributed by atoms with E-state index < -0.39 is 5.97 Å². The summed E-state index contributed by atoms with van der Waals surface area (Å²) in [5.74, 6) is -1.49. The van der Waals surface area contributed by atoms with Crippen LogP contribution in [0.25, 0.3) is 0 Å². The molecule has 0 aromatic heterocycles. The van der Waals surface area contributed by atoms with Crippen molar-refractivity contribution >= 4 is 45.8 Å². The maximum atomic E-state index is 12.3. The number of aromatic carboxylic acids is 1. The molecule has 21 heavy (non-hydrogen) atoms. The van der Waals surface area contributed by atoms with Gasteiger partial charge in [-0.1, -0.05) is 12.1 Å². The Kier molecular flexibility index (Phi) is 4.46. The van der Waals surface area contributed by atoms with Crippen molar-refractivity contribution in [2.45, 2.75) is 6.92 Å².